The van der Waals surface area contributed by atoms with E-state index in [0.717, 1.165) is 18.2 Å². The molecule has 0 spiro atoms. The molecule has 0 unspecified atom stereocenters. The zero-order valence-corrected chi connectivity index (χ0v) is 11.0. The molecule has 0 aliphatic rings. The van der Waals surface area contributed by atoms with Crippen molar-refractivity contribution in [3.63, 3.8) is 0 Å². The third-order valence-electron chi connectivity index (χ3n) is 2.68. The van der Waals surface area contributed by atoms with Gasteiger partial charge in [-0.15, -0.1) is 0 Å². The van der Waals surface area contributed by atoms with Crippen LogP contribution in [0.5, 0.6) is 5.75 Å². The van der Waals surface area contributed by atoms with Gasteiger partial charge in [0.1, 0.15) is 17.4 Å². The van der Waals surface area contributed by atoms with E-state index in [0.29, 0.717) is 16.3 Å². The van der Waals surface area contributed by atoms with E-state index in [1.54, 1.807) is 18.2 Å². The van der Waals surface area contributed by atoms with Crippen LogP contribution in [0.2, 0.25) is 5.02 Å². The van der Waals surface area contributed by atoms with Gasteiger partial charge in [0.15, 0.2) is 0 Å². The second-order valence-corrected chi connectivity index (χ2v) is 4.31. The summed E-state index contributed by atoms with van der Waals surface area (Å²) in [5, 5.41) is 3.31. The van der Waals surface area contributed by atoms with Gasteiger partial charge in [0.25, 0.3) is 0 Å². The van der Waals surface area contributed by atoms with Gasteiger partial charge in [0.2, 0.25) is 0 Å². The quantitative estimate of drug-likeness (QED) is 0.906. The van der Waals surface area contributed by atoms with Gasteiger partial charge in [0.05, 0.1) is 12.8 Å². The molecule has 100 valence electrons. The SMILES string of the molecule is COc1cccc(Cl)c1CNc1cc(F)ccc1F. The fourth-order valence-corrected chi connectivity index (χ4v) is 1.95. The van der Waals surface area contributed by atoms with Crippen molar-refractivity contribution in [3.05, 3.63) is 58.6 Å². The maximum absolute atomic E-state index is 13.5. The van der Waals surface area contributed by atoms with Gasteiger partial charge in [-0.3, -0.25) is 0 Å². The lowest BCUT2D eigenvalue weighted by molar-refractivity contribution is 0.410. The Balaban J connectivity index is 2.21. The van der Waals surface area contributed by atoms with Crippen LogP contribution in [0.25, 0.3) is 0 Å². The molecular weight excluding hydrogens is 272 g/mol. The lowest BCUT2D eigenvalue weighted by Gasteiger charge is -2.12. The minimum atomic E-state index is -0.521. The van der Waals surface area contributed by atoms with Gasteiger partial charge in [-0.1, -0.05) is 17.7 Å². The van der Waals surface area contributed by atoms with Crippen LogP contribution in [0.15, 0.2) is 36.4 Å². The van der Waals surface area contributed by atoms with E-state index in [-0.39, 0.29) is 12.2 Å². The molecule has 0 saturated heterocycles. The van der Waals surface area contributed by atoms with Gasteiger partial charge < -0.3 is 10.1 Å². The Morgan fingerprint density at radius 2 is 2.00 bits per heavy atom. The van der Waals surface area contributed by atoms with E-state index < -0.39 is 11.6 Å². The zero-order valence-electron chi connectivity index (χ0n) is 10.2. The van der Waals surface area contributed by atoms with Crippen LogP contribution >= 0.6 is 11.6 Å². The molecule has 0 atom stereocenters. The van der Waals surface area contributed by atoms with E-state index in [1.807, 2.05) is 0 Å². The van der Waals surface area contributed by atoms with Crippen LogP contribution in [0.3, 0.4) is 0 Å². The lowest BCUT2D eigenvalue weighted by atomic mass is 10.2. The molecule has 1 N–H and O–H groups in total. The second kappa shape index (κ2) is 5.89. The topological polar surface area (TPSA) is 21.3 Å². The third-order valence-corrected chi connectivity index (χ3v) is 3.03. The van der Waals surface area contributed by atoms with Crippen molar-refractivity contribution in [3.8, 4) is 5.75 Å². The zero-order chi connectivity index (χ0) is 13.8. The van der Waals surface area contributed by atoms with E-state index in [1.165, 1.54) is 7.11 Å². The number of benzene rings is 2. The first-order valence-electron chi connectivity index (χ1n) is 5.62. The summed E-state index contributed by atoms with van der Waals surface area (Å²) in [4.78, 5) is 0. The summed E-state index contributed by atoms with van der Waals surface area (Å²) >= 11 is 6.06. The van der Waals surface area contributed by atoms with Crippen LogP contribution in [-0.2, 0) is 6.54 Å². The number of hydrogen-bond donors (Lipinski definition) is 1. The number of nitrogens with one attached hydrogen (secondary N) is 1. The fourth-order valence-electron chi connectivity index (χ4n) is 1.72. The van der Waals surface area contributed by atoms with Crippen molar-refractivity contribution < 1.29 is 13.5 Å². The minimum absolute atomic E-state index is 0.0852. The van der Waals surface area contributed by atoms with E-state index in [9.17, 15) is 8.78 Å². The predicted octanol–water partition coefficient (Wildman–Crippen LogP) is 4.24. The van der Waals surface area contributed by atoms with Crippen molar-refractivity contribution in [2.24, 2.45) is 0 Å². The van der Waals surface area contributed by atoms with Gasteiger partial charge in [-0.2, -0.15) is 0 Å². The molecule has 0 fully saturated rings. The molecule has 0 aromatic heterocycles. The van der Waals surface area contributed by atoms with E-state index in [2.05, 4.69) is 5.32 Å². The third kappa shape index (κ3) is 3.15. The number of methoxy groups -OCH3 is 1. The molecule has 19 heavy (non-hydrogen) atoms. The summed E-state index contributed by atoms with van der Waals surface area (Å²) in [6.07, 6.45) is 0. The molecule has 2 nitrogen and oxygen atoms in total. The average Bonchev–Trinajstić information content (AvgIpc) is 2.40. The molecule has 0 heterocycles. The Hall–Kier alpha value is -1.81. The molecular formula is C14H12ClF2NO. The van der Waals surface area contributed by atoms with Crippen molar-refractivity contribution >= 4 is 17.3 Å². The van der Waals surface area contributed by atoms with Gasteiger partial charge in [0, 0.05) is 17.1 Å². The van der Waals surface area contributed by atoms with Gasteiger partial charge >= 0.3 is 0 Å². The largest absolute Gasteiger partial charge is 0.496 e. The first kappa shape index (κ1) is 13.6. The van der Waals surface area contributed by atoms with E-state index >= 15 is 0 Å². The minimum Gasteiger partial charge on any atom is -0.496 e. The summed E-state index contributed by atoms with van der Waals surface area (Å²) in [5.41, 5.74) is 0.775. The first-order valence-corrected chi connectivity index (χ1v) is 6.00. The van der Waals surface area contributed by atoms with Crippen LogP contribution < -0.4 is 10.1 Å². The molecule has 2 rings (SSSR count). The molecule has 0 aliphatic heterocycles. The molecule has 0 bridgehead atoms. The number of anilines is 1. The smallest absolute Gasteiger partial charge is 0.146 e. The maximum Gasteiger partial charge on any atom is 0.146 e. The fraction of sp³-hybridized carbons (Fsp3) is 0.143. The number of ether oxygens (including phenoxy) is 1. The molecule has 0 saturated carbocycles. The van der Waals surface area contributed by atoms with Crippen molar-refractivity contribution in [1.82, 2.24) is 0 Å². The Kier molecular flexibility index (Phi) is 4.22. The average molecular weight is 284 g/mol. The second-order valence-electron chi connectivity index (χ2n) is 3.90. The number of hydrogen-bond acceptors (Lipinski definition) is 2. The van der Waals surface area contributed by atoms with Crippen molar-refractivity contribution in [1.29, 1.82) is 0 Å². The molecule has 2 aromatic carbocycles. The highest BCUT2D eigenvalue weighted by Gasteiger charge is 2.09. The lowest BCUT2D eigenvalue weighted by Crippen LogP contribution is -2.04. The van der Waals surface area contributed by atoms with Crippen LogP contribution in [0.4, 0.5) is 14.5 Å². The summed E-state index contributed by atoms with van der Waals surface area (Å²) in [7, 11) is 1.53. The van der Waals surface area contributed by atoms with E-state index in [4.69, 9.17) is 16.3 Å². The molecule has 0 radical (unpaired) electrons. The van der Waals surface area contributed by atoms with Gasteiger partial charge in [-0.25, -0.2) is 8.78 Å². The Morgan fingerprint density at radius 1 is 1.21 bits per heavy atom. The summed E-state index contributed by atoms with van der Waals surface area (Å²) < 4.78 is 31.7. The molecule has 5 heteroatoms. The van der Waals surface area contributed by atoms with Crippen molar-refractivity contribution in [2.45, 2.75) is 6.54 Å². The number of rotatable bonds is 4. The predicted molar refractivity (Wildman–Crippen MR) is 71.7 cm³/mol. The van der Waals surface area contributed by atoms with Crippen LogP contribution in [0.1, 0.15) is 5.56 Å². The monoisotopic (exact) mass is 283 g/mol. The van der Waals surface area contributed by atoms with Crippen LogP contribution in [-0.4, -0.2) is 7.11 Å². The van der Waals surface area contributed by atoms with Crippen molar-refractivity contribution in [2.75, 3.05) is 12.4 Å². The highest BCUT2D eigenvalue weighted by molar-refractivity contribution is 6.31. The molecule has 0 aliphatic carbocycles. The van der Waals surface area contributed by atoms with Crippen LogP contribution in [0, 0.1) is 11.6 Å². The Labute approximate surface area is 115 Å². The first-order chi connectivity index (χ1) is 9.11. The molecule has 0 amide bonds. The Morgan fingerprint density at radius 3 is 2.74 bits per heavy atom. The normalized spacial score (nSPS) is 10.3. The Bertz CT molecular complexity index is 590. The summed E-state index contributed by atoms with van der Waals surface area (Å²) in [6.45, 7) is 0.239. The molecule has 2 aromatic rings. The highest BCUT2D eigenvalue weighted by atomic mass is 35.5. The standard InChI is InChI=1S/C14H12ClF2NO/c1-19-14-4-2-3-11(15)10(14)8-18-13-7-9(16)5-6-12(13)17/h2-7,18H,8H2,1H3. The van der Waals surface area contributed by atoms with Gasteiger partial charge in [-0.05, 0) is 30.3 Å². The summed E-state index contributed by atoms with van der Waals surface area (Å²) in [6, 6.07) is 8.46. The summed E-state index contributed by atoms with van der Waals surface area (Å²) in [5.74, 6) is -0.431. The maximum atomic E-state index is 13.5. The highest BCUT2D eigenvalue weighted by Crippen LogP contribution is 2.27. The number of halogens is 3.